The van der Waals surface area contributed by atoms with Gasteiger partial charge in [-0.25, -0.2) is 0 Å². The van der Waals surface area contributed by atoms with Crippen LogP contribution < -0.4 is 5.32 Å². The molecule has 0 radical (unpaired) electrons. The molecule has 0 spiro atoms. The number of rotatable bonds is 6. The van der Waals surface area contributed by atoms with Crippen molar-refractivity contribution in [2.45, 2.75) is 78.7 Å². The molecule has 1 fully saturated rings. The molecule has 1 aliphatic rings. The fourth-order valence-corrected chi connectivity index (χ4v) is 3.37. The molecule has 2 N–H and O–H groups in total. The summed E-state index contributed by atoms with van der Waals surface area (Å²) in [6.45, 7) is 11.7. The van der Waals surface area contributed by atoms with E-state index in [2.05, 4.69) is 26.1 Å². The highest BCUT2D eigenvalue weighted by Crippen LogP contribution is 2.39. The smallest absolute Gasteiger partial charge is 0.323 e. The van der Waals surface area contributed by atoms with Gasteiger partial charge in [-0.15, -0.1) is 0 Å². The van der Waals surface area contributed by atoms with Gasteiger partial charge in [0.2, 0.25) is 0 Å². The van der Waals surface area contributed by atoms with Gasteiger partial charge < -0.3 is 10.4 Å². The van der Waals surface area contributed by atoms with Gasteiger partial charge in [0, 0.05) is 0 Å². The largest absolute Gasteiger partial charge is 0.480 e. The number of carboxylic acids is 1. The van der Waals surface area contributed by atoms with E-state index in [1.54, 1.807) is 0 Å². The first-order valence-corrected chi connectivity index (χ1v) is 8.17. The number of hydrogen-bond donors (Lipinski definition) is 2. The van der Waals surface area contributed by atoms with Gasteiger partial charge in [-0.1, -0.05) is 34.1 Å². The highest BCUT2D eigenvalue weighted by Gasteiger charge is 2.34. The van der Waals surface area contributed by atoms with Crippen LogP contribution in [0.2, 0.25) is 0 Å². The minimum atomic E-state index is -0.754. The van der Waals surface area contributed by atoms with Crippen LogP contribution in [0.3, 0.4) is 0 Å². The van der Waals surface area contributed by atoms with E-state index in [1.807, 2.05) is 13.8 Å². The Morgan fingerprint density at radius 3 is 2.10 bits per heavy atom. The SMILES string of the molecule is CCCC(C)(NCC1CCC(C(C)(C)C)CC1)C(=O)O. The van der Waals surface area contributed by atoms with Crippen molar-refractivity contribution in [2.75, 3.05) is 6.54 Å². The molecule has 0 aromatic rings. The predicted octanol–water partition coefficient (Wildman–Crippen LogP) is 4.07. The van der Waals surface area contributed by atoms with Gasteiger partial charge in [0.1, 0.15) is 5.54 Å². The molecule has 0 aromatic carbocycles. The van der Waals surface area contributed by atoms with Crippen molar-refractivity contribution in [1.82, 2.24) is 5.32 Å². The fourth-order valence-electron chi connectivity index (χ4n) is 3.37. The Bertz CT molecular complexity index is 313. The van der Waals surface area contributed by atoms with E-state index < -0.39 is 11.5 Å². The number of aliphatic carboxylic acids is 1. The van der Waals surface area contributed by atoms with Crippen LogP contribution in [0.15, 0.2) is 0 Å². The third kappa shape index (κ3) is 4.76. The Morgan fingerprint density at radius 2 is 1.70 bits per heavy atom. The number of hydrogen-bond acceptors (Lipinski definition) is 2. The molecule has 0 aromatic heterocycles. The average Bonchev–Trinajstić information content (AvgIpc) is 2.36. The van der Waals surface area contributed by atoms with Crippen molar-refractivity contribution in [3.8, 4) is 0 Å². The molecule has 1 aliphatic carbocycles. The summed E-state index contributed by atoms with van der Waals surface area (Å²) in [7, 11) is 0. The molecule has 0 heterocycles. The topological polar surface area (TPSA) is 49.3 Å². The molecule has 0 bridgehead atoms. The van der Waals surface area contributed by atoms with Gasteiger partial charge >= 0.3 is 5.97 Å². The Balaban J connectivity index is 2.42. The van der Waals surface area contributed by atoms with Crippen LogP contribution in [-0.2, 0) is 4.79 Å². The standard InChI is InChI=1S/C17H33NO2/c1-6-11-17(5,15(19)20)18-12-13-7-9-14(10-8-13)16(2,3)4/h13-14,18H,6-12H2,1-5H3,(H,19,20). The van der Waals surface area contributed by atoms with Crippen LogP contribution in [0.1, 0.15) is 73.1 Å². The molecule has 20 heavy (non-hydrogen) atoms. The summed E-state index contributed by atoms with van der Waals surface area (Å²) in [5, 5.41) is 12.7. The van der Waals surface area contributed by atoms with Gasteiger partial charge in [0.25, 0.3) is 0 Å². The second-order valence-corrected chi connectivity index (χ2v) is 7.85. The number of nitrogens with one attached hydrogen (secondary N) is 1. The highest BCUT2D eigenvalue weighted by molar-refractivity contribution is 5.78. The van der Waals surface area contributed by atoms with Gasteiger partial charge in [0.15, 0.2) is 0 Å². The lowest BCUT2D eigenvalue weighted by Crippen LogP contribution is -2.51. The Kier molecular flexibility index (Phi) is 6.06. The van der Waals surface area contributed by atoms with Crippen LogP contribution in [0, 0.1) is 17.3 Å². The van der Waals surface area contributed by atoms with E-state index in [-0.39, 0.29) is 0 Å². The third-order valence-electron chi connectivity index (χ3n) is 5.07. The first kappa shape index (κ1) is 17.5. The first-order valence-electron chi connectivity index (χ1n) is 8.17. The second-order valence-electron chi connectivity index (χ2n) is 7.85. The number of carbonyl (C=O) groups is 1. The molecule has 1 rings (SSSR count). The summed E-state index contributed by atoms with van der Waals surface area (Å²) >= 11 is 0. The minimum absolute atomic E-state index is 0.413. The van der Waals surface area contributed by atoms with Crippen molar-refractivity contribution in [3.63, 3.8) is 0 Å². The third-order valence-corrected chi connectivity index (χ3v) is 5.07. The van der Waals surface area contributed by atoms with Gasteiger partial charge in [-0.2, -0.15) is 0 Å². The zero-order valence-corrected chi connectivity index (χ0v) is 14.0. The maximum absolute atomic E-state index is 11.4. The lowest BCUT2D eigenvalue weighted by molar-refractivity contribution is -0.144. The molecule has 0 amide bonds. The van der Waals surface area contributed by atoms with Crippen molar-refractivity contribution >= 4 is 5.97 Å². The first-order chi connectivity index (χ1) is 9.19. The summed E-state index contributed by atoms with van der Waals surface area (Å²) in [6, 6.07) is 0. The van der Waals surface area contributed by atoms with Crippen molar-refractivity contribution < 1.29 is 9.90 Å². The van der Waals surface area contributed by atoms with E-state index in [0.29, 0.717) is 17.8 Å². The minimum Gasteiger partial charge on any atom is -0.480 e. The van der Waals surface area contributed by atoms with Gasteiger partial charge in [0.05, 0.1) is 0 Å². The molecule has 3 heteroatoms. The Hall–Kier alpha value is -0.570. The average molecular weight is 283 g/mol. The highest BCUT2D eigenvalue weighted by atomic mass is 16.4. The van der Waals surface area contributed by atoms with Gasteiger partial charge in [-0.05, 0) is 62.8 Å². The van der Waals surface area contributed by atoms with E-state index >= 15 is 0 Å². The van der Waals surface area contributed by atoms with E-state index in [0.717, 1.165) is 18.9 Å². The van der Waals surface area contributed by atoms with Crippen LogP contribution in [0.25, 0.3) is 0 Å². The maximum Gasteiger partial charge on any atom is 0.323 e. The fraction of sp³-hybridized carbons (Fsp3) is 0.941. The zero-order valence-electron chi connectivity index (χ0n) is 14.0. The molecule has 0 saturated heterocycles. The summed E-state index contributed by atoms with van der Waals surface area (Å²) < 4.78 is 0. The molecule has 3 nitrogen and oxygen atoms in total. The predicted molar refractivity (Wildman–Crippen MR) is 83.9 cm³/mol. The van der Waals surface area contributed by atoms with Crippen molar-refractivity contribution in [1.29, 1.82) is 0 Å². The molecular weight excluding hydrogens is 250 g/mol. The lowest BCUT2D eigenvalue weighted by atomic mass is 9.70. The number of carboxylic acid groups (broad SMARTS) is 1. The van der Waals surface area contributed by atoms with Gasteiger partial charge in [-0.3, -0.25) is 4.79 Å². The zero-order chi connectivity index (χ0) is 15.4. The summed E-state index contributed by atoms with van der Waals surface area (Å²) in [6.07, 6.45) is 6.63. The molecule has 1 saturated carbocycles. The van der Waals surface area contributed by atoms with Crippen molar-refractivity contribution in [3.05, 3.63) is 0 Å². The van der Waals surface area contributed by atoms with Crippen LogP contribution in [0.5, 0.6) is 0 Å². The summed E-state index contributed by atoms with van der Waals surface area (Å²) in [5.74, 6) is 0.743. The second kappa shape index (κ2) is 6.93. The van der Waals surface area contributed by atoms with E-state index in [4.69, 9.17) is 0 Å². The molecule has 1 unspecified atom stereocenters. The van der Waals surface area contributed by atoms with E-state index in [1.165, 1.54) is 25.7 Å². The van der Waals surface area contributed by atoms with Crippen molar-refractivity contribution in [2.24, 2.45) is 17.3 Å². The maximum atomic E-state index is 11.4. The van der Waals surface area contributed by atoms with Crippen LogP contribution >= 0.6 is 0 Å². The monoisotopic (exact) mass is 283 g/mol. The van der Waals surface area contributed by atoms with Crippen LogP contribution in [0.4, 0.5) is 0 Å². The summed E-state index contributed by atoms with van der Waals surface area (Å²) in [4.78, 5) is 11.4. The van der Waals surface area contributed by atoms with Crippen LogP contribution in [-0.4, -0.2) is 23.2 Å². The molecule has 1 atom stereocenters. The Morgan fingerprint density at radius 1 is 1.15 bits per heavy atom. The Labute approximate surface area is 124 Å². The summed E-state index contributed by atoms with van der Waals surface area (Å²) in [5.41, 5.74) is -0.341. The molecular formula is C17H33NO2. The van der Waals surface area contributed by atoms with E-state index in [9.17, 15) is 9.90 Å². The quantitative estimate of drug-likeness (QED) is 0.772. The lowest BCUT2D eigenvalue weighted by Gasteiger charge is -2.38. The normalized spacial score (nSPS) is 27.1. The molecule has 118 valence electrons. The molecule has 0 aliphatic heterocycles.